The fourth-order valence-electron chi connectivity index (χ4n) is 10.1. The van der Waals surface area contributed by atoms with E-state index in [1.165, 1.54) is 41.1 Å². The quantitative estimate of drug-likeness (QED) is 0.0879. The fourth-order valence-corrected chi connectivity index (χ4v) is 10.1. The molecule has 0 unspecified atom stereocenters. The molecule has 8 aromatic rings. The zero-order valence-electron chi connectivity index (χ0n) is 43.5. The van der Waals surface area contributed by atoms with Crippen molar-refractivity contribution in [2.45, 2.75) is 82.7 Å². The number of halogens is 11. The van der Waals surface area contributed by atoms with Crippen molar-refractivity contribution < 1.29 is 49.8 Å². The van der Waals surface area contributed by atoms with Crippen LogP contribution in [-0.2, 0) is 21.9 Å². The molecular formula is C55H50BBr3F8N12O3. The highest BCUT2D eigenvalue weighted by atomic mass is 79.9. The van der Waals surface area contributed by atoms with Crippen molar-refractivity contribution >= 4 is 96.2 Å². The van der Waals surface area contributed by atoms with Crippen LogP contribution in [0.2, 0.25) is 0 Å². The van der Waals surface area contributed by atoms with Crippen LogP contribution < -0.4 is 10.6 Å². The third-order valence-electron chi connectivity index (χ3n) is 14.2. The van der Waals surface area contributed by atoms with E-state index in [9.17, 15) is 49.8 Å². The molecule has 2 saturated heterocycles. The first-order chi connectivity index (χ1) is 39.1. The molecule has 82 heavy (non-hydrogen) atoms. The number of hydrogen-bond donors (Lipinski definition) is 3. The third kappa shape index (κ3) is 13.7. The van der Waals surface area contributed by atoms with E-state index < -0.39 is 35.1 Å². The van der Waals surface area contributed by atoms with Crippen molar-refractivity contribution in [3.63, 3.8) is 0 Å². The van der Waals surface area contributed by atoms with Gasteiger partial charge in [-0.2, -0.15) is 36.3 Å². The molecule has 4 fully saturated rings. The summed E-state index contributed by atoms with van der Waals surface area (Å²) in [6.07, 6.45) is 0.514. The van der Waals surface area contributed by atoms with E-state index in [4.69, 9.17) is 0 Å². The van der Waals surface area contributed by atoms with Crippen molar-refractivity contribution in [3.05, 3.63) is 126 Å². The summed E-state index contributed by atoms with van der Waals surface area (Å²) in [7, 11) is 0. The van der Waals surface area contributed by atoms with E-state index in [1.54, 1.807) is 29.0 Å². The van der Waals surface area contributed by atoms with Gasteiger partial charge in [0.2, 0.25) is 23.7 Å². The average molecular weight is 1330 g/mol. The highest BCUT2D eigenvalue weighted by Gasteiger charge is 2.39. The normalized spacial score (nSPS) is 17.4. The number of phenolic OH excluding ortho intramolecular Hbond substituents is 1. The van der Waals surface area contributed by atoms with E-state index in [1.807, 2.05) is 28.9 Å². The summed E-state index contributed by atoms with van der Waals surface area (Å²) in [6.45, 7) is 4.47. The van der Waals surface area contributed by atoms with Gasteiger partial charge in [-0.3, -0.25) is 18.7 Å². The number of likely N-dealkylation sites (tertiary alicyclic amines) is 2. The number of carbonyl (C=O) groups is 2. The van der Waals surface area contributed by atoms with Gasteiger partial charge in [-0.05, 0) is 137 Å². The van der Waals surface area contributed by atoms with E-state index in [0.717, 1.165) is 88.2 Å². The number of piperidine rings is 2. The number of hydrogen-bond acceptors (Lipinski definition) is 11. The van der Waals surface area contributed by atoms with Crippen molar-refractivity contribution in [3.8, 4) is 40.2 Å². The summed E-state index contributed by atoms with van der Waals surface area (Å²) < 4.78 is 112. The fraction of sp³-hybridized carbons (Fsp3) is 0.345. The summed E-state index contributed by atoms with van der Waals surface area (Å²) in [5.74, 6) is -0.528. The Balaban J connectivity index is 0.000000172. The van der Waals surface area contributed by atoms with Crippen LogP contribution in [0, 0.1) is 30.4 Å². The van der Waals surface area contributed by atoms with Gasteiger partial charge < -0.3 is 25.5 Å². The molecule has 428 valence electrons. The number of fused-ring (bicyclic) bond motifs is 2. The average Bonchev–Trinajstić information content (AvgIpc) is 3.77. The molecule has 4 aromatic carbocycles. The molecule has 2 aliphatic carbocycles. The predicted octanol–water partition coefficient (Wildman–Crippen LogP) is 13.1. The molecule has 0 spiro atoms. The minimum Gasteiger partial charge on any atom is -0.508 e. The van der Waals surface area contributed by atoms with Gasteiger partial charge in [0.25, 0.3) is 0 Å². The molecule has 15 nitrogen and oxygen atoms in total. The Bertz CT molecular complexity index is 3440. The molecule has 6 heterocycles. The van der Waals surface area contributed by atoms with Crippen LogP contribution in [0.4, 0.5) is 47.0 Å². The number of alkyl halides is 6. The molecule has 4 aromatic heterocycles. The van der Waals surface area contributed by atoms with Gasteiger partial charge in [-0.1, -0.05) is 6.07 Å². The molecule has 2 amide bonds. The second kappa shape index (κ2) is 24.2. The van der Waals surface area contributed by atoms with Crippen molar-refractivity contribution in [2.75, 3.05) is 36.8 Å². The number of amides is 2. The Morgan fingerprint density at radius 2 is 1.01 bits per heavy atom. The lowest BCUT2D eigenvalue weighted by Gasteiger charge is -2.33. The third-order valence-corrected chi connectivity index (χ3v) is 14.2. The number of imidazole rings is 2. The van der Waals surface area contributed by atoms with E-state index in [0.29, 0.717) is 53.0 Å². The topological polar surface area (TPSA) is 172 Å². The number of rotatable bonds is 10. The van der Waals surface area contributed by atoms with Crippen LogP contribution in [-0.4, -0.2) is 107 Å². The summed E-state index contributed by atoms with van der Waals surface area (Å²) in [5.41, 5.74) is 0.286. The first kappa shape index (κ1) is 58.5. The smallest absolute Gasteiger partial charge is 0.419 e. The number of anilines is 2. The Hall–Kier alpha value is -6.74. The predicted molar refractivity (Wildman–Crippen MR) is 305 cm³/mol. The lowest BCUT2D eigenvalue weighted by Crippen LogP contribution is -2.45. The van der Waals surface area contributed by atoms with Gasteiger partial charge in [0, 0.05) is 79.7 Å². The van der Waals surface area contributed by atoms with Crippen LogP contribution in [0.3, 0.4) is 0 Å². The van der Waals surface area contributed by atoms with Gasteiger partial charge in [-0.15, -0.1) is 47.3 Å². The van der Waals surface area contributed by atoms with Gasteiger partial charge in [-0.25, -0.2) is 28.7 Å². The van der Waals surface area contributed by atoms with Crippen LogP contribution in [0.15, 0.2) is 97.3 Å². The Morgan fingerprint density at radius 3 is 1.44 bits per heavy atom. The Labute approximate surface area is 489 Å². The minimum atomic E-state index is -4.89. The maximum absolute atomic E-state index is 14.1. The van der Waals surface area contributed by atoms with Gasteiger partial charge in [0.05, 0.1) is 33.2 Å². The second-order valence-electron chi connectivity index (χ2n) is 20.4. The number of nitrogens with zero attached hydrogens (tertiary/aromatic N) is 10. The van der Waals surface area contributed by atoms with E-state index in [2.05, 4.69) is 87.8 Å². The molecule has 2 aliphatic heterocycles. The molecule has 0 radical (unpaired) electrons. The largest absolute Gasteiger partial charge is 0.508 e. The maximum atomic E-state index is 14.1. The Morgan fingerprint density at radius 1 is 0.585 bits per heavy atom. The zero-order chi connectivity index (χ0) is 58.2. The minimum absolute atomic E-state index is 0.0223. The first-order valence-corrected chi connectivity index (χ1v) is 29.0. The van der Waals surface area contributed by atoms with Gasteiger partial charge in [0.1, 0.15) is 40.7 Å². The number of aromatic nitrogens is 8. The molecule has 3 N–H and O–H groups in total. The molecule has 2 atom stereocenters. The van der Waals surface area contributed by atoms with Gasteiger partial charge >= 0.3 is 15.5 Å². The van der Waals surface area contributed by atoms with Crippen LogP contribution >= 0.6 is 47.3 Å². The standard InChI is InChI=1S/C28H26F4N6O.C27H24F4N6O2.BBr3/c1-16-4-9-22-23(13-16)38(25(35-22)18-7-8-21(29)20(14-18)28(30,31)32)24-10-11-33-27(36-24)34-19-3-2-12-37(15-19)26(39)17-5-6-17;28-20-7-5-16(12-19(20)27(29,30)31)24-34-21-8-6-18(38)13-22(21)37(24)23-9-10-32-26(35-23)33-17-2-1-11-36(14-17)25(39)15-3-4-15;2-1(3)4/h4,7-11,13-14,17,19H,2-3,5-6,12,15H2,1H3,(H,33,34,36);5-10,12-13,15,17,38H,1-4,11,14H2,(H,32,33,35);/t19-;17-;/m00./s1. The second-order valence-corrected chi connectivity index (χ2v) is 26.8. The molecule has 0 bridgehead atoms. The summed E-state index contributed by atoms with van der Waals surface area (Å²) in [5, 5.41) is 16.8. The molecular weight excluding hydrogens is 1280 g/mol. The number of benzene rings is 4. The van der Waals surface area contributed by atoms with Crippen molar-refractivity contribution in [1.29, 1.82) is 0 Å². The van der Waals surface area contributed by atoms with Crippen molar-refractivity contribution in [2.24, 2.45) is 11.8 Å². The summed E-state index contributed by atoms with van der Waals surface area (Å²) >= 11 is 9.31. The lowest BCUT2D eigenvalue weighted by atomic mass is 10.1. The number of aromatic hydroxyl groups is 1. The van der Waals surface area contributed by atoms with E-state index in [-0.39, 0.29) is 79.2 Å². The van der Waals surface area contributed by atoms with Crippen LogP contribution in [0.1, 0.15) is 68.1 Å². The van der Waals surface area contributed by atoms with Crippen LogP contribution in [0.5, 0.6) is 5.75 Å². The highest BCUT2D eigenvalue weighted by Crippen LogP contribution is 2.39. The van der Waals surface area contributed by atoms with Crippen LogP contribution in [0.25, 0.3) is 56.5 Å². The number of phenols is 1. The molecule has 27 heteroatoms. The SMILES string of the molecule is BrB(Br)Br.Cc1ccc2nc(-c3ccc(F)c(C(F)(F)F)c3)n(-c3ccnc(N[C@H]4CCCN(C(=O)C5CC5)C4)n3)c2c1.O=C(C1CC1)N1CCC[C@H](Nc2nccc(-n3c(-c4ccc(F)c(C(F)(F)F)c4)nc4ccc(O)cc43)n2)C1. The first-order valence-electron chi connectivity index (χ1n) is 26.2. The summed E-state index contributed by atoms with van der Waals surface area (Å²) in [6, 6.07) is 18.6. The number of aryl methyl sites for hydroxylation is 1. The summed E-state index contributed by atoms with van der Waals surface area (Å²) in [4.78, 5) is 55.9. The Kier molecular flexibility index (Phi) is 17.3. The lowest BCUT2D eigenvalue weighted by molar-refractivity contribution is -0.140. The van der Waals surface area contributed by atoms with Gasteiger partial charge in [0.15, 0.2) is 0 Å². The zero-order valence-corrected chi connectivity index (χ0v) is 48.3. The number of nitrogens with one attached hydrogen (secondary N) is 2. The molecule has 12 rings (SSSR count). The van der Waals surface area contributed by atoms with E-state index >= 15 is 0 Å². The molecule has 4 aliphatic rings. The highest BCUT2D eigenvalue weighted by molar-refractivity contribution is 9.69. The number of carbonyl (C=O) groups excluding carboxylic acids is 2. The monoisotopic (exact) mass is 1330 g/mol. The maximum Gasteiger partial charge on any atom is 0.419 e. The van der Waals surface area contributed by atoms with Crippen molar-refractivity contribution in [1.82, 2.24) is 48.8 Å². The molecule has 2 saturated carbocycles.